The first-order chi connectivity index (χ1) is 11.9. The predicted molar refractivity (Wildman–Crippen MR) is 94.6 cm³/mol. The van der Waals surface area contributed by atoms with Crippen LogP contribution in [0.15, 0.2) is 48.8 Å². The molecule has 0 bridgehead atoms. The van der Waals surface area contributed by atoms with Gasteiger partial charge in [0.15, 0.2) is 0 Å². The molecule has 1 amide bonds. The summed E-state index contributed by atoms with van der Waals surface area (Å²) in [7, 11) is 3.64. The third-order valence-corrected chi connectivity index (χ3v) is 4.06. The number of likely N-dealkylation sites (N-methyl/N-ethyl adjacent to an activating group) is 1. The second kappa shape index (κ2) is 7.03. The fraction of sp³-hybridized carbons (Fsp3) is 0.263. The maximum absolute atomic E-state index is 13.1. The molecule has 1 N–H and O–H groups in total. The first-order valence-electron chi connectivity index (χ1n) is 8.08. The minimum Gasteiger partial charge on any atom is -0.349 e. The second-order valence-electron chi connectivity index (χ2n) is 6.34. The molecule has 3 aromatic rings. The van der Waals surface area contributed by atoms with Gasteiger partial charge in [-0.25, -0.2) is 9.37 Å². The Morgan fingerprint density at radius 1 is 1.28 bits per heavy atom. The number of carbonyl (C=O) groups excluding carboxylic acids is 1. The number of hydrogen-bond donors (Lipinski definition) is 1. The maximum atomic E-state index is 13.1. The minimum atomic E-state index is -0.486. The lowest BCUT2D eigenvalue weighted by Gasteiger charge is -2.23. The van der Waals surface area contributed by atoms with Gasteiger partial charge in [0.05, 0.1) is 12.2 Å². The smallest absolute Gasteiger partial charge is 0.242 e. The molecule has 1 aromatic carbocycles. The summed E-state index contributed by atoms with van der Waals surface area (Å²) in [5.74, 6) is -0.466. The van der Waals surface area contributed by atoms with Crippen molar-refractivity contribution in [1.29, 1.82) is 0 Å². The van der Waals surface area contributed by atoms with E-state index in [0.29, 0.717) is 6.54 Å². The molecule has 0 aliphatic rings. The van der Waals surface area contributed by atoms with Crippen LogP contribution >= 0.6 is 0 Å². The molecule has 0 radical (unpaired) electrons. The fourth-order valence-electron chi connectivity index (χ4n) is 2.82. The van der Waals surface area contributed by atoms with Gasteiger partial charge in [-0.15, -0.1) is 0 Å². The van der Waals surface area contributed by atoms with Crippen LogP contribution in [0.1, 0.15) is 22.9 Å². The van der Waals surface area contributed by atoms with Crippen molar-refractivity contribution in [2.45, 2.75) is 19.5 Å². The number of nitrogens with zero attached hydrogens (tertiary/aromatic N) is 3. The Morgan fingerprint density at radius 3 is 2.68 bits per heavy atom. The first kappa shape index (κ1) is 17.1. The van der Waals surface area contributed by atoms with Crippen molar-refractivity contribution in [3.63, 3.8) is 0 Å². The highest BCUT2D eigenvalue weighted by molar-refractivity contribution is 5.83. The number of nitrogens with one attached hydrogen (secondary N) is 1. The molecule has 0 spiro atoms. The lowest BCUT2D eigenvalue weighted by Crippen LogP contribution is -2.36. The van der Waals surface area contributed by atoms with Crippen molar-refractivity contribution >= 4 is 11.6 Å². The Balaban J connectivity index is 1.73. The Morgan fingerprint density at radius 2 is 2.00 bits per heavy atom. The van der Waals surface area contributed by atoms with Gasteiger partial charge in [0.25, 0.3) is 0 Å². The zero-order valence-corrected chi connectivity index (χ0v) is 14.5. The summed E-state index contributed by atoms with van der Waals surface area (Å²) in [5.41, 5.74) is 3.52. The standard InChI is InChI=1S/C19H21FN4O/c1-13-8-9-24-12-16(22-17(24)10-13)11-21-19(25)18(23(2)3)14-4-6-15(20)7-5-14/h4-10,12,18H,11H2,1-3H3,(H,21,25)/t18-/m1/s1. The van der Waals surface area contributed by atoms with Crippen LogP contribution in [0, 0.1) is 12.7 Å². The van der Waals surface area contributed by atoms with Gasteiger partial charge in [-0.2, -0.15) is 0 Å². The van der Waals surface area contributed by atoms with Crippen LogP contribution in [-0.2, 0) is 11.3 Å². The number of halogens is 1. The topological polar surface area (TPSA) is 49.6 Å². The van der Waals surface area contributed by atoms with E-state index in [1.54, 1.807) is 17.0 Å². The summed E-state index contributed by atoms with van der Waals surface area (Å²) in [4.78, 5) is 19.0. The Labute approximate surface area is 146 Å². The zero-order valence-electron chi connectivity index (χ0n) is 14.5. The van der Waals surface area contributed by atoms with Crippen LogP contribution in [0.25, 0.3) is 5.65 Å². The number of pyridine rings is 1. The number of carbonyl (C=O) groups is 1. The van der Waals surface area contributed by atoms with Crippen LogP contribution in [-0.4, -0.2) is 34.3 Å². The SMILES string of the molecule is Cc1ccn2cc(CNC(=O)[C@@H](c3ccc(F)cc3)N(C)C)nc2c1. The van der Waals surface area contributed by atoms with Gasteiger partial charge in [0.1, 0.15) is 17.5 Å². The molecule has 25 heavy (non-hydrogen) atoms. The number of fused-ring (bicyclic) bond motifs is 1. The van der Waals surface area contributed by atoms with E-state index in [2.05, 4.69) is 10.3 Å². The lowest BCUT2D eigenvalue weighted by molar-refractivity contribution is -0.126. The van der Waals surface area contributed by atoms with Crippen LogP contribution in [0.2, 0.25) is 0 Å². The van der Waals surface area contributed by atoms with Crippen molar-refractivity contribution in [2.24, 2.45) is 0 Å². The summed E-state index contributed by atoms with van der Waals surface area (Å²) in [6.07, 6.45) is 3.85. The fourth-order valence-corrected chi connectivity index (χ4v) is 2.82. The molecule has 0 aliphatic carbocycles. The molecule has 130 valence electrons. The third-order valence-electron chi connectivity index (χ3n) is 4.06. The second-order valence-corrected chi connectivity index (χ2v) is 6.34. The van der Waals surface area contributed by atoms with E-state index in [-0.39, 0.29) is 11.7 Å². The molecular weight excluding hydrogens is 319 g/mol. The molecule has 2 aromatic heterocycles. The summed E-state index contributed by atoms with van der Waals surface area (Å²) < 4.78 is 15.1. The van der Waals surface area contributed by atoms with E-state index in [0.717, 1.165) is 22.5 Å². The van der Waals surface area contributed by atoms with Crippen molar-refractivity contribution in [3.8, 4) is 0 Å². The van der Waals surface area contributed by atoms with Crippen molar-refractivity contribution in [2.75, 3.05) is 14.1 Å². The van der Waals surface area contributed by atoms with E-state index >= 15 is 0 Å². The molecule has 0 aliphatic heterocycles. The number of aryl methyl sites for hydroxylation is 1. The quantitative estimate of drug-likeness (QED) is 0.777. The molecular formula is C19H21FN4O. The van der Waals surface area contributed by atoms with Gasteiger partial charge in [-0.1, -0.05) is 12.1 Å². The highest BCUT2D eigenvalue weighted by Crippen LogP contribution is 2.19. The summed E-state index contributed by atoms with van der Waals surface area (Å²) in [5, 5.41) is 2.92. The summed E-state index contributed by atoms with van der Waals surface area (Å²) in [6.45, 7) is 2.35. The van der Waals surface area contributed by atoms with E-state index < -0.39 is 6.04 Å². The highest BCUT2D eigenvalue weighted by atomic mass is 19.1. The molecule has 0 fully saturated rings. The van der Waals surface area contributed by atoms with Crippen molar-refractivity contribution in [3.05, 3.63) is 71.4 Å². The zero-order chi connectivity index (χ0) is 18.0. The maximum Gasteiger partial charge on any atom is 0.242 e. The molecule has 0 saturated carbocycles. The van der Waals surface area contributed by atoms with Crippen LogP contribution in [0.3, 0.4) is 0 Å². The first-order valence-corrected chi connectivity index (χ1v) is 8.08. The van der Waals surface area contributed by atoms with Gasteiger partial charge in [0, 0.05) is 12.4 Å². The summed E-state index contributed by atoms with van der Waals surface area (Å²) >= 11 is 0. The molecule has 0 unspecified atom stereocenters. The molecule has 5 nitrogen and oxygen atoms in total. The van der Waals surface area contributed by atoms with Gasteiger partial charge in [0.2, 0.25) is 5.91 Å². The number of benzene rings is 1. The third kappa shape index (κ3) is 3.85. The average molecular weight is 340 g/mol. The van der Waals surface area contributed by atoms with E-state index in [9.17, 15) is 9.18 Å². The number of amides is 1. The Hall–Kier alpha value is -2.73. The number of hydrogen-bond acceptors (Lipinski definition) is 3. The average Bonchev–Trinajstić information content (AvgIpc) is 2.96. The number of rotatable bonds is 5. The molecule has 1 atom stereocenters. The highest BCUT2D eigenvalue weighted by Gasteiger charge is 2.22. The van der Waals surface area contributed by atoms with Crippen molar-refractivity contribution < 1.29 is 9.18 Å². The number of aromatic nitrogens is 2. The van der Waals surface area contributed by atoms with Crippen LogP contribution in [0.4, 0.5) is 4.39 Å². The number of imidazole rings is 1. The summed E-state index contributed by atoms with van der Waals surface area (Å²) in [6, 6.07) is 9.51. The molecule has 6 heteroatoms. The lowest BCUT2D eigenvalue weighted by atomic mass is 10.1. The van der Waals surface area contributed by atoms with E-state index in [1.807, 2.05) is 49.9 Å². The molecule has 0 saturated heterocycles. The Kier molecular flexibility index (Phi) is 4.81. The normalized spacial score (nSPS) is 12.5. The van der Waals surface area contributed by atoms with E-state index in [4.69, 9.17) is 0 Å². The van der Waals surface area contributed by atoms with Crippen LogP contribution in [0.5, 0.6) is 0 Å². The largest absolute Gasteiger partial charge is 0.349 e. The van der Waals surface area contributed by atoms with Gasteiger partial charge in [-0.05, 0) is 56.4 Å². The van der Waals surface area contributed by atoms with Gasteiger partial charge in [-0.3, -0.25) is 9.69 Å². The molecule has 3 rings (SSSR count). The van der Waals surface area contributed by atoms with E-state index in [1.165, 1.54) is 12.1 Å². The molecule has 2 heterocycles. The van der Waals surface area contributed by atoms with Crippen LogP contribution < -0.4 is 5.32 Å². The monoisotopic (exact) mass is 340 g/mol. The minimum absolute atomic E-state index is 0.148. The Bertz CT molecular complexity index is 886. The van der Waals surface area contributed by atoms with Crippen molar-refractivity contribution in [1.82, 2.24) is 19.6 Å². The predicted octanol–water partition coefficient (Wildman–Crippen LogP) is 2.70. The van der Waals surface area contributed by atoms with Gasteiger partial charge < -0.3 is 9.72 Å². The van der Waals surface area contributed by atoms with Gasteiger partial charge >= 0.3 is 0 Å².